The van der Waals surface area contributed by atoms with Gasteiger partial charge in [0.2, 0.25) is 0 Å². The van der Waals surface area contributed by atoms with Crippen LogP contribution in [0.3, 0.4) is 0 Å². The van der Waals surface area contributed by atoms with Gasteiger partial charge in [0.05, 0.1) is 0 Å². The summed E-state index contributed by atoms with van der Waals surface area (Å²) < 4.78 is 0. The molecule has 0 heterocycles. The molecule has 0 amide bonds. The zero-order valence-corrected chi connectivity index (χ0v) is 4.33. The van der Waals surface area contributed by atoms with Gasteiger partial charge in [0.25, 0.3) is 5.78 Å². The summed E-state index contributed by atoms with van der Waals surface area (Å²) >= 11 is 0. The van der Waals surface area contributed by atoms with E-state index in [1.54, 1.807) is 0 Å². The van der Waals surface area contributed by atoms with Crippen molar-refractivity contribution in [2.45, 2.75) is 13.8 Å². The first-order valence-electron chi connectivity index (χ1n) is 2.02. The van der Waals surface area contributed by atoms with Gasteiger partial charge in [-0.3, -0.25) is 9.59 Å². The fourth-order valence-electron chi connectivity index (χ4n) is 0.213. The van der Waals surface area contributed by atoms with Crippen molar-refractivity contribution in [2.24, 2.45) is 0 Å². The van der Waals surface area contributed by atoms with Crippen LogP contribution in [0.1, 0.15) is 13.8 Å². The molecule has 0 aliphatic heterocycles. The first-order chi connectivity index (χ1) is 4.04. The zero-order valence-electron chi connectivity index (χ0n) is 4.33. The number of Topliss-reactive ketones (excluding diaryl/α,β-unsaturated/α-hetero) is 1. The van der Waals surface area contributed by atoms with Crippen LogP contribution in [0.5, 0.6) is 0 Å². The van der Waals surface area contributed by atoms with Gasteiger partial charge < -0.3 is 10.2 Å². The van der Waals surface area contributed by atoms with Gasteiger partial charge in [-0.05, 0) is 0 Å². The fourth-order valence-corrected chi connectivity index (χ4v) is 0.213. The highest BCUT2D eigenvalue weighted by atomic mass is 16.4. The van der Waals surface area contributed by atoms with Crippen molar-refractivity contribution in [3.05, 3.63) is 0 Å². The highest BCUT2D eigenvalue weighted by Gasteiger charge is 2.14. The Balaban J connectivity index is 0. The summed E-state index contributed by atoms with van der Waals surface area (Å²) in [4.78, 5) is 29.2. The average molecular weight is 148 g/mol. The zero-order chi connectivity index (χ0) is 7.44. The van der Waals surface area contributed by atoms with Crippen LogP contribution in [0.2, 0.25) is 0 Å². The topological polar surface area (TPSA) is 91.7 Å². The van der Waals surface area contributed by atoms with Crippen LogP contribution in [0.15, 0.2) is 0 Å². The molecule has 0 rings (SSSR count). The number of carboxylic acid groups (broad SMARTS) is 2. The lowest BCUT2D eigenvalue weighted by molar-refractivity contribution is -0.152. The molecular weight excluding hydrogens is 140 g/mol. The predicted octanol–water partition coefficient (Wildman–Crippen LogP) is -0.249. The van der Waals surface area contributed by atoms with E-state index in [4.69, 9.17) is 10.2 Å². The van der Waals surface area contributed by atoms with Crippen molar-refractivity contribution < 1.29 is 24.6 Å². The Morgan fingerprint density at radius 1 is 1.10 bits per heavy atom. The van der Waals surface area contributed by atoms with E-state index < -0.39 is 24.1 Å². The Hall–Kier alpha value is -1.39. The van der Waals surface area contributed by atoms with Crippen LogP contribution in [0.25, 0.3) is 0 Å². The van der Waals surface area contributed by atoms with Crippen molar-refractivity contribution in [2.75, 3.05) is 0 Å². The third kappa shape index (κ3) is 4.76. The van der Waals surface area contributed by atoms with E-state index in [1.807, 2.05) is 0 Å². The van der Waals surface area contributed by atoms with Crippen LogP contribution < -0.4 is 0 Å². The normalized spacial score (nSPS) is 7.60. The highest BCUT2D eigenvalue weighted by molar-refractivity contribution is 6.35. The van der Waals surface area contributed by atoms with E-state index >= 15 is 0 Å². The van der Waals surface area contributed by atoms with E-state index in [2.05, 4.69) is 0 Å². The number of aliphatic carboxylic acids is 2. The molecule has 0 bridgehead atoms. The monoisotopic (exact) mass is 148 g/mol. The van der Waals surface area contributed by atoms with Gasteiger partial charge in [0, 0.05) is 0 Å². The maximum Gasteiger partial charge on any atom is 0.372 e. The number of carbonyl (C=O) groups excluding carboxylic acids is 1. The summed E-state index contributed by atoms with van der Waals surface area (Å²) in [7, 11) is 0. The van der Waals surface area contributed by atoms with Crippen molar-refractivity contribution >= 4 is 17.7 Å². The Bertz CT molecular complexity index is 159. The summed E-state index contributed by atoms with van der Waals surface area (Å²) in [5.74, 6) is -4.44. The molecule has 10 heavy (non-hydrogen) atoms. The van der Waals surface area contributed by atoms with E-state index in [9.17, 15) is 14.4 Å². The lowest BCUT2D eigenvalue weighted by Gasteiger charge is -1.85. The van der Waals surface area contributed by atoms with Crippen LogP contribution >= 0.6 is 0 Å². The molecule has 58 valence electrons. The summed E-state index contributed by atoms with van der Waals surface area (Å²) in [5.41, 5.74) is 0. The summed E-state index contributed by atoms with van der Waals surface area (Å²) in [6.07, 6.45) is -0.949. The van der Waals surface area contributed by atoms with Gasteiger partial charge in [-0.2, -0.15) is 0 Å². The third-order valence-corrected chi connectivity index (χ3v) is 0.550. The number of ketones is 1. The van der Waals surface area contributed by atoms with Gasteiger partial charge >= 0.3 is 11.9 Å². The maximum atomic E-state index is 9.97. The Labute approximate surface area is 57.3 Å². The lowest BCUT2D eigenvalue weighted by Crippen LogP contribution is -2.16. The molecule has 0 fully saturated rings. The van der Waals surface area contributed by atoms with E-state index in [1.165, 1.54) is 0 Å². The molecule has 0 saturated carbocycles. The van der Waals surface area contributed by atoms with Crippen molar-refractivity contribution in [1.82, 2.24) is 0 Å². The van der Waals surface area contributed by atoms with Crippen LogP contribution in [0.4, 0.5) is 0 Å². The van der Waals surface area contributed by atoms with Crippen LogP contribution in [-0.4, -0.2) is 27.9 Å². The molecule has 2 N–H and O–H groups in total. The summed E-state index contributed by atoms with van der Waals surface area (Å²) in [6.45, 7) is 0. The summed E-state index contributed by atoms with van der Waals surface area (Å²) in [5, 5.41) is 15.7. The number of carboxylic acids is 2. The molecule has 0 saturated heterocycles. The summed E-state index contributed by atoms with van der Waals surface area (Å²) in [6, 6.07) is 0. The minimum absolute atomic E-state index is 0. The van der Waals surface area contributed by atoms with Gasteiger partial charge in [0.1, 0.15) is 6.42 Å². The molecule has 0 aliphatic rings. The molecular formula is C5H8O5. The second-order valence-electron chi connectivity index (χ2n) is 1.30. The molecule has 0 radical (unpaired) electrons. The molecule has 0 unspecified atom stereocenters. The minimum Gasteiger partial charge on any atom is -0.481 e. The number of rotatable bonds is 3. The Morgan fingerprint density at radius 3 is 1.60 bits per heavy atom. The number of carbonyl (C=O) groups is 3. The van der Waals surface area contributed by atoms with E-state index in [0.29, 0.717) is 0 Å². The van der Waals surface area contributed by atoms with E-state index in [-0.39, 0.29) is 7.43 Å². The Morgan fingerprint density at radius 2 is 1.50 bits per heavy atom. The van der Waals surface area contributed by atoms with E-state index in [0.717, 1.165) is 0 Å². The lowest BCUT2D eigenvalue weighted by atomic mass is 10.3. The van der Waals surface area contributed by atoms with Gasteiger partial charge in [-0.15, -0.1) is 0 Å². The molecule has 0 spiro atoms. The quantitative estimate of drug-likeness (QED) is 0.425. The first-order valence-corrected chi connectivity index (χ1v) is 2.02. The predicted molar refractivity (Wildman–Crippen MR) is 31.6 cm³/mol. The second kappa shape index (κ2) is 4.49. The van der Waals surface area contributed by atoms with Crippen molar-refractivity contribution in [1.29, 1.82) is 0 Å². The molecule has 0 aromatic carbocycles. The van der Waals surface area contributed by atoms with Gasteiger partial charge in [-0.25, -0.2) is 4.79 Å². The number of hydrogen-bond acceptors (Lipinski definition) is 3. The number of hydrogen-bond donors (Lipinski definition) is 2. The fraction of sp³-hybridized carbons (Fsp3) is 0.400. The van der Waals surface area contributed by atoms with Crippen LogP contribution in [-0.2, 0) is 14.4 Å². The largest absolute Gasteiger partial charge is 0.481 e. The average Bonchev–Trinajstić information content (AvgIpc) is 1.63. The molecule has 5 heteroatoms. The standard InChI is InChI=1S/C4H4O5.CH4/c5-2(4(8)9)1-3(6)7;/h1H2,(H,6,7)(H,8,9);1H4. The molecule has 0 aliphatic carbocycles. The van der Waals surface area contributed by atoms with Gasteiger partial charge in [0.15, 0.2) is 0 Å². The smallest absolute Gasteiger partial charge is 0.372 e. The SMILES string of the molecule is C.O=C(O)CC(=O)C(=O)O. The Kier molecular flexibility index (Phi) is 5.12. The maximum absolute atomic E-state index is 9.97. The van der Waals surface area contributed by atoms with Crippen molar-refractivity contribution in [3.8, 4) is 0 Å². The highest BCUT2D eigenvalue weighted by Crippen LogP contribution is 1.81. The van der Waals surface area contributed by atoms with Crippen LogP contribution in [0, 0.1) is 0 Å². The van der Waals surface area contributed by atoms with Gasteiger partial charge in [-0.1, -0.05) is 7.43 Å². The second-order valence-corrected chi connectivity index (χ2v) is 1.30. The molecule has 5 nitrogen and oxygen atoms in total. The molecule has 0 aromatic heterocycles. The van der Waals surface area contributed by atoms with Crippen molar-refractivity contribution in [3.63, 3.8) is 0 Å². The third-order valence-electron chi connectivity index (χ3n) is 0.550. The first kappa shape index (κ1) is 11.4. The molecule has 0 aromatic rings. The minimum atomic E-state index is -1.71. The molecule has 0 atom stereocenters.